The van der Waals surface area contributed by atoms with Gasteiger partial charge in [0.25, 0.3) is 5.91 Å². The van der Waals surface area contributed by atoms with Gasteiger partial charge in [0, 0.05) is 24.5 Å². The van der Waals surface area contributed by atoms with Crippen LogP contribution in [0.2, 0.25) is 0 Å². The predicted octanol–water partition coefficient (Wildman–Crippen LogP) is 3.79. The Morgan fingerprint density at radius 2 is 1.77 bits per heavy atom. The first kappa shape index (κ1) is 28.5. The Balaban J connectivity index is 0.00000181. The van der Waals surface area contributed by atoms with Gasteiger partial charge >= 0.3 is 0 Å². The zero-order valence-corrected chi connectivity index (χ0v) is 23.4. The fourth-order valence-corrected chi connectivity index (χ4v) is 5.22. The predicted molar refractivity (Wildman–Crippen MR) is 156 cm³/mol. The molecule has 1 fully saturated rings. The Morgan fingerprint density at radius 3 is 2.45 bits per heavy atom. The fraction of sp³-hybridized carbons (Fsp3) is 0.286. The normalized spacial score (nSPS) is 13.0. The van der Waals surface area contributed by atoms with Crippen molar-refractivity contribution in [1.29, 1.82) is 0 Å². The number of ether oxygens (including phenoxy) is 1. The van der Waals surface area contributed by atoms with E-state index in [1.807, 2.05) is 32.0 Å². The zero-order chi connectivity index (χ0) is 28.5. The SMILES string of the molecule is CC.CC#CC(=O)Nc1ccc(CS(=O)(=O)Nc2ccc(-c3cc4c(N5CCOCC5)ncnc4[nH]3)cc2)nc1. The van der Waals surface area contributed by atoms with Crippen LogP contribution in [-0.4, -0.2) is 60.6 Å². The molecule has 3 N–H and O–H groups in total. The molecule has 0 radical (unpaired) electrons. The van der Waals surface area contributed by atoms with Gasteiger partial charge in [0.2, 0.25) is 10.0 Å². The number of hydrogen-bond acceptors (Lipinski definition) is 8. The molecule has 3 aromatic heterocycles. The minimum atomic E-state index is -3.71. The molecule has 0 bridgehead atoms. The average molecular weight is 562 g/mol. The third-order valence-electron chi connectivity index (χ3n) is 5.84. The number of morpholine rings is 1. The number of sulfonamides is 1. The molecule has 0 saturated carbocycles. The number of fused-ring (bicyclic) bond motifs is 1. The summed E-state index contributed by atoms with van der Waals surface area (Å²) in [5.41, 5.74) is 3.67. The molecule has 1 saturated heterocycles. The summed E-state index contributed by atoms with van der Waals surface area (Å²) in [5.74, 6) is 4.95. The number of carbonyl (C=O) groups excluding carboxylic acids is 1. The lowest BCUT2D eigenvalue weighted by Gasteiger charge is -2.27. The van der Waals surface area contributed by atoms with E-state index >= 15 is 0 Å². The lowest BCUT2D eigenvalue weighted by Crippen LogP contribution is -2.36. The van der Waals surface area contributed by atoms with Crippen molar-refractivity contribution in [3.63, 3.8) is 0 Å². The maximum absolute atomic E-state index is 12.7. The van der Waals surface area contributed by atoms with Crippen molar-refractivity contribution in [2.75, 3.05) is 41.2 Å². The summed E-state index contributed by atoms with van der Waals surface area (Å²) in [6, 6.07) is 12.2. The van der Waals surface area contributed by atoms with E-state index in [0.29, 0.717) is 30.3 Å². The second kappa shape index (κ2) is 13.1. The third kappa shape index (κ3) is 7.13. The van der Waals surface area contributed by atoms with Gasteiger partial charge < -0.3 is 19.9 Å². The Hall–Kier alpha value is -4.47. The maximum Gasteiger partial charge on any atom is 0.300 e. The molecule has 208 valence electrons. The molecule has 0 atom stereocenters. The van der Waals surface area contributed by atoms with Crippen LogP contribution in [0.15, 0.2) is 55.0 Å². The summed E-state index contributed by atoms with van der Waals surface area (Å²) >= 11 is 0. The van der Waals surface area contributed by atoms with Gasteiger partial charge in [0.1, 0.15) is 23.5 Å². The van der Waals surface area contributed by atoms with Gasteiger partial charge in [-0.2, -0.15) is 0 Å². The van der Waals surface area contributed by atoms with Crippen LogP contribution in [0.3, 0.4) is 0 Å². The van der Waals surface area contributed by atoms with E-state index in [1.54, 1.807) is 37.5 Å². The summed E-state index contributed by atoms with van der Waals surface area (Å²) in [6.45, 7) is 8.42. The molecule has 12 heteroatoms. The van der Waals surface area contributed by atoms with Crippen molar-refractivity contribution in [3.05, 3.63) is 60.7 Å². The second-order valence-corrected chi connectivity index (χ2v) is 10.3. The number of pyridine rings is 1. The zero-order valence-electron chi connectivity index (χ0n) is 22.6. The highest BCUT2D eigenvalue weighted by Gasteiger charge is 2.18. The van der Waals surface area contributed by atoms with Crippen LogP contribution in [-0.2, 0) is 25.3 Å². The highest BCUT2D eigenvalue weighted by molar-refractivity contribution is 7.91. The molecular weight excluding hydrogens is 530 g/mol. The quantitative estimate of drug-likeness (QED) is 0.289. The maximum atomic E-state index is 12.7. The fourth-order valence-electron chi connectivity index (χ4n) is 4.10. The minimum Gasteiger partial charge on any atom is -0.378 e. The molecule has 0 unspecified atom stereocenters. The van der Waals surface area contributed by atoms with E-state index in [-0.39, 0.29) is 5.75 Å². The number of carbonyl (C=O) groups is 1. The van der Waals surface area contributed by atoms with Gasteiger partial charge in [-0.25, -0.2) is 18.4 Å². The number of benzene rings is 1. The van der Waals surface area contributed by atoms with Crippen LogP contribution in [0.1, 0.15) is 26.5 Å². The highest BCUT2D eigenvalue weighted by Crippen LogP contribution is 2.30. The molecule has 11 nitrogen and oxygen atoms in total. The molecule has 4 aromatic rings. The van der Waals surface area contributed by atoms with Crippen molar-refractivity contribution in [2.45, 2.75) is 26.5 Å². The number of hydrogen-bond donors (Lipinski definition) is 3. The molecule has 4 heterocycles. The smallest absolute Gasteiger partial charge is 0.300 e. The number of H-pyrrole nitrogens is 1. The summed E-state index contributed by atoms with van der Waals surface area (Å²) in [5, 5.41) is 3.48. The highest BCUT2D eigenvalue weighted by atomic mass is 32.2. The number of aromatic amines is 1. The second-order valence-electron chi connectivity index (χ2n) is 8.55. The van der Waals surface area contributed by atoms with Gasteiger partial charge in [0.15, 0.2) is 0 Å². The topological polar surface area (TPSA) is 142 Å². The number of rotatable bonds is 7. The molecule has 1 amide bonds. The number of nitrogens with zero attached hydrogens (tertiary/aromatic N) is 4. The van der Waals surface area contributed by atoms with Crippen molar-refractivity contribution in [2.24, 2.45) is 0 Å². The van der Waals surface area contributed by atoms with Crippen molar-refractivity contribution < 1.29 is 17.9 Å². The lowest BCUT2D eigenvalue weighted by atomic mass is 10.1. The van der Waals surface area contributed by atoms with Crippen LogP contribution in [0.25, 0.3) is 22.3 Å². The Morgan fingerprint density at radius 1 is 1.05 bits per heavy atom. The lowest BCUT2D eigenvalue weighted by molar-refractivity contribution is -0.111. The minimum absolute atomic E-state index is 0.317. The number of amides is 1. The molecule has 0 spiro atoms. The van der Waals surface area contributed by atoms with E-state index in [4.69, 9.17) is 4.74 Å². The van der Waals surface area contributed by atoms with Crippen LogP contribution in [0.4, 0.5) is 17.2 Å². The molecule has 40 heavy (non-hydrogen) atoms. The van der Waals surface area contributed by atoms with Crippen molar-refractivity contribution >= 4 is 44.2 Å². The number of nitrogens with one attached hydrogen (secondary N) is 3. The summed E-state index contributed by atoms with van der Waals surface area (Å²) in [4.78, 5) is 30.0. The summed E-state index contributed by atoms with van der Waals surface area (Å²) in [6.07, 6.45) is 2.94. The average Bonchev–Trinajstić information content (AvgIpc) is 3.40. The van der Waals surface area contributed by atoms with Gasteiger partial charge in [-0.3, -0.25) is 14.5 Å². The van der Waals surface area contributed by atoms with E-state index in [0.717, 1.165) is 41.2 Å². The molecule has 1 aliphatic heterocycles. The van der Waals surface area contributed by atoms with Gasteiger partial charge in [0.05, 0.1) is 36.2 Å². The Labute approximate surface area is 233 Å². The first-order valence-electron chi connectivity index (χ1n) is 12.9. The van der Waals surface area contributed by atoms with Crippen molar-refractivity contribution in [3.8, 4) is 23.1 Å². The first-order valence-corrected chi connectivity index (χ1v) is 14.5. The van der Waals surface area contributed by atoms with E-state index in [9.17, 15) is 13.2 Å². The van der Waals surface area contributed by atoms with Gasteiger partial charge in [-0.05, 0) is 48.7 Å². The molecule has 5 rings (SSSR count). The summed E-state index contributed by atoms with van der Waals surface area (Å²) < 4.78 is 33.4. The van der Waals surface area contributed by atoms with Gasteiger partial charge in [-0.1, -0.05) is 31.9 Å². The number of anilines is 3. The molecule has 1 aromatic carbocycles. The largest absolute Gasteiger partial charge is 0.378 e. The van der Waals surface area contributed by atoms with E-state index in [2.05, 4.69) is 46.7 Å². The van der Waals surface area contributed by atoms with Crippen LogP contribution >= 0.6 is 0 Å². The monoisotopic (exact) mass is 561 g/mol. The number of aromatic nitrogens is 4. The van der Waals surface area contributed by atoms with Gasteiger partial charge in [-0.15, -0.1) is 0 Å². The Kier molecular flexibility index (Phi) is 9.31. The van der Waals surface area contributed by atoms with E-state index < -0.39 is 15.9 Å². The standard InChI is InChI=1S/C26H25N7O4S.C2H6/c1-2-3-24(34)30-20-8-9-21(27-15-20)16-38(35,36)32-19-6-4-18(5-7-19)23-14-22-25(31-23)28-17-29-26(22)33-10-12-37-13-11-33;1-2/h4-9,14-15,17,32H,10-13,16H2,1H3,(H,30,34)(H,28,29,31);1-2H3. The van der Waals surface area contributed by atoms with Crippen LogP contribution < -0.4 is 14.9 Å². The summed E-state index contributed by atoms with van der Waals surface area (Å²) in [7, 11) is -3.71. The molecule has 1 aliphatic rings. The Bertz CT molecular complexity index is 1620. The van der Waals surface area contributed by atoms with Crippen LogP contribution in [0.5, 0.6) is 0 Å². The van der Waals surface area contributed by atoms with Crippen LogP contribution in [0, 0.1) is 11.8 Å². The van der Waals surface area contributed by atoms with Crippen molar-refractivity contribution in [1.82, 2.24) is 19.9 Å². The molecular formula is C28H31N7O4S. The van der Waals surface area contributed by atoms with E-state index in [1.165, 1.54) is 6.20 Å². The molecule has 0 aliphatic carbocycles. The third-order valence-corrected chi connectivity index (χ3v) is 7.07. The first-order chi connectivity index (χ1) is 19.4.